The highest BCUT2D eigenvalue weighted by atomic mass is 35.5. The summed E-state index contributed by atoms with van der Waals surface area (Å²) in [5.74, 6) is 0.262. The third-order valence-corrected chi connectivity index (χ3v) is 6.99. The smallest absolute Gasteiger partial charge is 0.256 e. The van der Waals surface area contributed by atoms with E-state index in [9.17, 15) is 14.7 Å². The van der Waals surface area contributed by atoms with E-state index in [2.05, 4.69) is 36.0 Å². The van der Waals surface area contributed by atoms with Crippen molar-refractivity contribution in [2.45, 2.75) is 65.1 Å². The number of aliphatic hydroxyl groups is 1. The Hall–Kier alpha value is -2.35. The van der Waals surface area contributed by atoms with Crippen LogP contribution in [0.1, 0.15) is 56.0 Å². The SMILES string of the molecule is C=CC/C(=C\C=C(/C)CS/C=N\C(C)C)CCNC(=O)[C@@H]1C[C@@H](O)CN1C(=O)c1c(C)cccc1Cl. The number of allylic oxidation sites excluding steroid dienone is 3. The van der Waals surface area contributed by atoms with Gasteiger partial charge in [-0.3, -0.25) is 14.6 Å². The van der Waals surface area contributed by atoms with Crippen molar-refractivity contribution in [3.63, 3.8) is 0 Å². The molecule has 0 aliphatic carbocycles. The number of hydrogen-bond acceptors (Lipinski definition) is 5. The number of β-amino-alcohol motifs (C(OH)–C–C–N with tert-alkyl or cyclic N) is 1. The Morgan fingerprint density at radius 1 is 1.36 bits per heavy atom. The fourth-order valence-electron chi connectivity index (χ4n) is 3.88. The second-order valence-electron chi connectivity index (χ2n) is 9.33. The van der Waals surface area contributed by atoms with Gasteiger partial charge in [0.25, 0.3) is 5.91 Å². The Kier molecular flexibility index (Phi) is 12.5. The fraction of sp³-hybridized carbons (Fsp3) is 0.464. The van der Waals surface area contributed by atoms with Crippen molar-refractivity contribution in [1.82, 2.24) is 10.2 Å². The molecular formula is C28H38ClN3O3S. The van der Waals surface area contributed by atoms with Crippen molar-refractivity contribution in [2.75, 3.05) is 18.8 Å². The Morgan fingerprint density at radius 3 is 2.78 bits per heavy atom. The molecular weight excluding hydrogens is 494 g/mol. The van der Waals surface area contributed by atoms with Gasteiger partial charge in [-0.15, -0.1) is 18.3 Å². The lowest BCUT2D eigenvalue weighted by molar-refractivity contribution is -0.124. The number of aryl methyl sites for hydroxylation is 1. The fourth-order valence-corrected chi connectivity index (χ4v) is 4.94. The van der Waals surface area contributed by atoms with Crippen LogP contribution in [0.4, 0.5) is 0 Å². The molecule has 1 aliphatic heterocycles. The quantitative estimate of drug-likeness (QED) is 0.165. The maximum atomic E-state index is 13.2. The third kappa shape index (κ3) is 9.26. The number of benzene rings is 1. The lowest BCUT2D eigenvalue weighted by atomic mass is 10.1. The molecule has 2 amide bonds. The van der Waals surface area contributed by atoms with Gasteiger partial charge in [0.2, 0.25) is 5.91 Å². The zero-order valence-corrected chi connectivity index (χ0v) is 23.2. The number of thioether (sulfide) groups is 1. The van der Waals surface area contributed by atoms with E-state index < -0.39 is 12.1 Å². The number of likely N-dealkylation sites (tertiary alicyclic amines) is 1. The van der Waals surface area contributed by atoms with Crippen molar-refractivity contribution >= 4 is 40.7 Å². The van der Waals surface area contributed by atoms with E-state index in [4.69, 9.17) is 11.6 Å². The molecule has 0 radical (unpaired) electrons. The zero-order chi connectivity index (χ0) is 26.7. The van der Waals surface area contributed by atoms with Gasteiger partial charge in [-0.2, -0.15) is 0 Å². The lowest BCUT2D eigenvalue weighted by Crippen LogP contribution is -2.46. The molecule has 1 aromatic rings. The van der Waals surface area contributed by atoms with Gasteiger partial charge in [0.15, 0.2) is 0 Å². The standard InChI is InChI=1S/C28H38ClN3O3S/c1-6-8-22(12-11-20(4)17-36-18-31-19(2)3)13-14-30-27(34)25-15-23(33)16-32(25)28(35)26-21(5)9-7-10-24(26)29/h6-7,9-12,18-19,23,25,33H,1,8,13-17H2,2-5H3,(H,30,34)/b20-11+,22-12+,31-18-/t23-,25+/m1/s1. The predicted octanol–water partition coefficient (Wildman–Crippen LogP) is 5.35. The molecule has 36 heavy (non-hydrogen) atoms. The van der Waals surface area contributed by atoms with Crippen molar-refractivity contribution in [1.29, 1.82) is 0 Å². The van der Waals surface area contributed by atoms with E-state index in [1.54, 1.807) is 23.9 Å². The first kappa shape index (κ1) is 29.9. The average Bonchev–Trinajstić information content (AvgIpc) is 3.21. The molecule has 2 atom stereocenters. The van der Waals surface area contributed by atoms with E-state index >= 15 is 0 Å². The second kappa shape index (κ2) is 15.0. The van der Waals surface area contributed by atoms with Gasteiger partial charge in [0, 0.05) is 31.3 Å². The Morgan fingerprint density at radius 2 is 2.11 bits per heavy atom. The highest BCUT2D eigenvalue weighted by Crippen LogP contribution is 2.26. The molecule has 2 rings (SSSR count). The van der Waals surface area contributed by atoms with Gasteiger partial charge in [-0.05, 0) is 52.2 Å². The van der Waals surface area contributed by atoms with Crippen LogP contribution in [0, 0.1) is 6.92 Å². The number of nitrogens with zero attached hydrogens (tertiary/aromatic N) is 2. The summed E-state index contributed by atoms with van der Waals surface area (Å²) in [7, 11) is 0. The van der Waals surface area contributed by atoms with Gasteiger partial charge in [0.1, 0.15) is 6.04 Å². The minimum Gasteiger partial charge on any atom is -0.391 e. The third-order valence-electron chi connectivity index (χ3n) is 5.78. The van der Waals surface area contributed by atoms with E-state index in [1.165, 1.54) is 10.5 Å². The number of amides is 2. The largest absolute Gasteiger partial charge is 0.391 e. The topological polar surface area (TPSA) is 82.0 Å². The molecule has 1 aliphatic rings. The summed E-state index contributed by atoms with van der Waals surface area (Å²) >= 11 is 7.94. The van der Waals surface area contributed by atoms with Gasteiger partial charge in [-0.1, -0.05) is 53.1 Å². The molecule has 0 aromatic heterocycles. The number of carbonyl (C=O) groups excluding carboxylic acids is 2. The van der Waals surface area contributed by atoms with Crippen LogP contribution < -0.4 is 5.32 Å². The van der Waals surface area contributed by atoms with E-state index in [1.807, 2.05) is 38.5 Å². The molecule has 0 unspecified atom stereocenters. The summed E-state index contributed by atoms with van der Waals surface area (Å²) in [6, 6.07) is 4.81. The Balaban J connectivity index is 1.98. The lowest BCUT2D eigenvalue weighted by Gasteiger charge is -2.25. The summed E-state index contributed by atoms with van der Waals surface area (Å²) in [6.07, 6.45) is 6.86. The van der Waals surface area contributed by atoms with Gasteiger partial charge >= 0.3 is 0 Å². The molecule has 0 spiro atoms. The molecule has 0 saturated carbocycles. The summed E-state index contributed by atoms with van der Waals surface area (Å²) in [5.41, 5.74) is 5.38. The molecule has 1 saturated heterocycles. The number of nitrogens with one attached hydrogen (secondary N) is 1. The van der Waals surface area contributed by atoms with Crippen LogP contribution in [0.3, 0.4) is 0 Å². The van der Waals surface area contributed by atoms with Crippen molar-refractivity contribution < 1.29 is 14.7 Å². The number of carbonyl (C=O) groups is 2. The van der Waals surface area contributed by atoms with Gasteiger partial charge in [0.05, 0.1) is 22.2 Å². The maximum Gasteiger partial charge on any atom is 0.256 e. The molecule has 0 bridgehead atoms. The molecule has 8 heteroatoms. The molecule has 1 fully saturated rings. The monoisotopic (exact) mass is 531 g/mol. The van der Waals surface area contributed by atoms with Crippen LogP contribution >= 0.6 is 23.4 Å². The minimum absolute atomic E-state index is 0.104. The first-order chi connectivity index (χ1) is 17.1. The van der Waals surface area contributed by atoms with Gasteiger partial charge < -0.3 is 15.3 Å². The van der Waals surface area contributed by atoms with E-state index in [0.29, 0.717) is 29.6 Å². The van der Waals surface area contributed by atoms with E-state index in [0.717, 1.165) is 23.3 Å². The first-order valence-electron chi connectivity index (χ1n) is 12.2. The van der Waals surface area contributed by atoms with Crippen LogP contribution in [-0.2, 0) is 4.79 Å². The summed E-state index contributed by atoms with van der Waals surface area (Å²) in [6.45, 7) is 12.4. The molecule has 196 valence electrons. The number of rotatable bonds is 12. The highest BCUT2D eigenvalue weighted by molar-refractivity contribution is 8.12. The predicted molar refractivity (Wildman–Crippen MR) is 152 cm³/mol. The highest BCUT2D eigenvalue weighted by Gasteiger charge is 2.39. The number of halogens is 1. The van der Waals surface area contributed by atoms with Crippen LogP contribution in [0.15, 0.2) is 59.1 Å². The summed E-state index contributed by atoms with van der Waals surface area (Å²) < 4.78 is 0. The van der Waals surface area contributed by atoms with Crippen LogP contribution in [0.5, 0.6) is 0 Å². The van der Waals surface area contributed by atoms with Crippen LogP contribution in [0.2, 0.25) is 5.02 Å². The summed E-state index contributed by atoms with van der Waals surface area (Å²) in [5, 5.41) is 13.5. The Labute approximate surface area is 224 Å². The summed E-state index contributed by atoms with van der Waals surface area (Å²) in [4.78, 5) is 32.0. The molecule has 1 aromatic carbocycles. The van der Waals surface area contributed by atoms with E-state index in [-0.39, 0.29) is 24.8 Å². The molecule has 2 N–H and O–H groups in total. The van der Waals surface area contributed by atoms with Crippen LogP contribution in [-0.4, -0.2) is 64.4 Å². The number of aliphatic hydroxyl groups excluding tert-OH is 1. The van der Waals surface area contributed by atoms with Crippen LogP contribution in [0.25, 0.3) is 0 Å². The normalized spacial score (nSPS) is 18.8. The average molecular weight is 532 g/mol. The van der Waals surface area contributed by atoms with Crippen molar-refractivity contribution in [3.05, 3.63) is 70.3 Å². The van der Waals surface area contributed by atoms with Crippen molar-refractivity contribution in [3.8, 4) is 0 Å². The Bertz CT molecular complexity index is 999. The minimum atomic E-state index is -0.750. The molecule has 1 heterocycles. The van der Waals surface area contributed by atoms with Gasteiger partial charge in [-0.25, -0.2) is 0 Å². The van der Waals surface area contributed by atoms with Crippen molar-refractivity contribution in [2.24, 2.45) is 4.99 Å². The zero-order valence-electron chi connectivity index (χ0n) is 21.7. The number of aliphatic imine (C=N–C) groups is 1. The first-order valence-corrected chi connectivity index (χ1v) is 13.7. The maximum absolute atomic E-state index is 13.2. The molecule has 6 nitrogen and oxygen atoms in total. The second-order valence-corrected chi connectivity index (χ2v) is 10.6. The number of hydrogen-bond donors (Lipinski definition) is 2.